The Bertz CT molecular complexity index is 3570. The first-order chi connectivity index (χ1) is 30.3. The van der Waals surface area contributed by atoms with Gasteiger partial charge in [0.1, 0.15) is 33.6 Å². The van der Waals surface area contributed by atoms with Gasteiger partial charge < -0.3 is 75.5 Å². The standard InChI is InChI=1S/C48H32N2O13/c51-36-27-26-25(22-12-6-2-7-13-22)38(53)46(61)44(59)32(26)49(23-14-8-3-9-15-23)33(27)42(57)40(55)30(36)31-37(52)28-29-35(45(60)48(63)47(62)39(29)54)50(34(28)43(58)41(31)56)24-18-16-21(17-19-24)20-10-4-1-5-11-20/h1-19,51-63H. The van der Waals surface area contributed by atoms with Crippen molar-refractivity contribution in [1.82, 2.24) is 9.13 Å². The van der Waals surface area contributed by atoms with E-state index in [4.69, 9.17) is 0 Å². The Hall–Kier alpha value is -9.24. The molecule has 0 unspecified atom stereocenters. The first kappa shape index (κ1) is 38.0. The molecule has 10 aromatic rings. The third-order valence-electron chi connectivity index (χ3n) is 11.5. The van der Waals surface area contributed by atoms with Gasteiger partial charge >= 0.3 is 0 Å². The van der Waals surface area contributed by atoms with Crippen LogP contribution in [0.5, 0.6) is 74.7 Å². The molecule has 0 saturated heterocycles. The summed E-state index contributed by atoms with van der Waals surface area (Å²) >= 11 is 0. The van der Waals surface area contributed by atoms with E-state index >= 15 is 0 Å². The molecule has 63 heavy (non-hydrogen) atoms. The summed E-state index contributed by atoms with van der Waals surface area (Å²) in [7, 11) is 0. The van der Waals surface area contributed by atoms with Crippen LogP contribution in [0.1, 0.15) is 0 Å². The minimum absolute atomic E-state index is 0.145. The number of aromatic hydroxyl groups is 13. The number of rotatable bonds is 5. The molecule has 312 valence electrons. The fourth-order valence-electron chi connectivity index (χ4n) is 8.71. The normalized spacial score (nSPS) is 11.7. The zero-order valence-corrected chi connectivity index (χ0v) is 32.2. The van der Waals surface area contributed by atoms with Gasteiger partial charge in [0.05, 0.1) is 27.3 Å². The number of fused-ring (bicyclic) bond motifs is 6. The number of hydrogen-bond acceptors (Lipinski definition) is 13. The summed E-state index contributed by atoms with van der Waals surface area (Å²) in [5, 5.41) is 150. The lowest BCUT2D eigenvalue weighted by molar-refractivity contribution is 0.350. The van der Waals surface area contributed by atoms with Gasteiger partial charge in [0, 0.05) is 22.3 Å². The van der Waals surface area contributed by atoms with Crippen LogP contribution in [0, 0.1) is 0 Å². The lowest BCUT2D eigenvalue weighted by Gasteiger charge is -2.17. The Labute approximate surface area is 353 Å². The van der Waals surface area contributed by atoms with Gasteiger partial charge in [0.25, 0.3) is 0 Å². The third-order valence-corrected chi connectivity index (χ3v) is 11.5. The van der Waals surface area contributed by atoms with Crippen LogP contribution in [0.2, 0.25) is 0 Å². The molecule has 2 aromatic heterocycles. The Morgan fingerprint density at radius 1 is 0.222 bits per heavy atom. The summed E-state index contributed by atoms with van der Waals surface area (Å²) in [4.78, 5) is 0. The van der Waals surface area contributed by atoms with Gasteiger partial charge in [-0.15, -0.1) is 0 Å². The zero-order chi connectivity index (χ0) is 44.3. The summed E-state index contributed by atoms with van der Waals surface area (Å²) < 4.78 is 2.29. The van der Waals surface area contributed by atoms with E-state index in [-0.39, 0.29) is 38.9 Å². The fraction of sp³-hybridized carbons (Fsp3) is 0. The fourth-order valence-corrected chi connectivity index (χ4v) is 8.71. The average molecular weight is 845 g/mol. The topological polar surface area (TPSA) is 273 Å². The summed E-state index contributed by atoms with van der Waals surface area (Å²) in [5.41, 5.74) is -1.41. The largest absolute Gasteiger partial charge is 0.506 e. The third kappa shape index (κ3) is 5.01. The maximum Gasteiger partial charge on any atom is 0.206 e. The minimum atomic E-state index is -1.22. The SMILES string of the molecule is Oc1c(O)c(O)c2c(c1O)c1c(O)c(-c3c(O)c(O)c4c(c3O)c3c(-c5ccccc5)c(O)c(O)c(O)c3n4-c3ccccc3)c(O)c(O)c1n2-c1ccc(-c2ccccc2)cc1. The number of para-hydroxylation sites is 1. The number of aromatic nitrogens is 2. The van der Waals surface area contributed by atoms with Gasteiger partial charge in [-0.05, 0) is 41.0 Å². The minimum Gasteiger partial charge on any atom is -0.506 e. The second-order valence-electron chi connectivity index (χ2n) is 14.8. The molecule has 8 aromatic carbocycles. The van der Waals surface area contributed by atoms with E-state index in [2.05, 4.69) is 0 Å². The van der Waals surface area contributed by atoms with Crippen molar-refractivity contribution < 1.29 is 66.4 Å². The molecule has 0 aliphatic rings. The van der Waals surface area contributed by atoms with Gasteiger partial charge in [0.2, 0.25) is 17.2 Å². The lowest BCUT2D eigenvalue weighted by Crippen LogP contribution is -1.96. The molecule has 0 atom stereocenters. The molecular formula is C48H32N2O13. The Kier molecular flexibility index (Phi) is 8.07. The quantitative estimate of drug-likeness (QED) is 0.0570. The van der Waals surface area contributed by atoms with Crippen molar-refractivity contribution in [1.29, 1.82) is 0 Å². The van der Waals surface area contributed by atoms with E-state index in [1.165, 1.54) is 4.57 Å². The van der Waals surface area contributed by atoms with Crippen molar-refractivity contribution in [3.63, 3.8) is 0 Å². The van der Waals surface area contributed by atoms with Crippen molar-refractivity contribution in [3.05, 3.63) is 115 Å². The highest BCUT2D eigenvalue weighted by molar-refractivity contribution is 6.27. The second kappa shape index (κ2) is 13.4. The number of hydrogen-bond donors (Lipinski definition) is 13. The molecule has 2 heterocycles. The molecular weight excluding hydrogens is 813 g/mol. The summed E-state index contributed by atoms with van der Waals surface area (Å²) in [6, 6.07) is 31.7. The van der Waals surface area contributed by atoms with Crippen molar-refractivity contribution in [3.8, 4) is 119 Å². The number of nitrogens with zero attached hydrogens (tertiary/aromatic N) is 2. The highest BCUT2D eigenvalue weighted by atomic mass is 16.3. The molecule has 0 spiro atoms. The Balaban J connectivity index is 1.37. The summed E-state index contributed by atoms with van der Waals surface area (Å²) in [6.45, 7) is 0. The van der Waals surface area contributed by atoms with Crippen molar-refractivity contribution in [2.75, 3.05) is 0 Å². The molecule has 0 radical (unpaired) electrons. The number of benzene rings is 8. The van der Waals surface area contributed by atoms with E-state index in [1.807, 2.05) is 30.3 Å². The van der Waals surface area contributed by atoms with E-state index in [9.17, 15) is 66.4 Å². The van der Waals surface area contributed by atoms with Gasteiger partial charge in [0.15, 0.2) is 46.0 Å². The van der Waals surface area contributed by atoms with Gasteiger partial charge in [-0.1, -0.05) is 91.0 Å². The molecule has 0 saturated carbocycles. The van der Waals surface area contributed by atoms with Crippen LogP contribution in [-0.2, 0) is 0 Å². The highest BCUT2D eigenvalue weighted by Gasteiger charge is 2.37. The zero-order valence-electron chi connectivity index (χ0n) is 32.2. The van der Waals surface area contributed by atoms with Crippen LogP contribution in [0.15, 0.2) is 115 Å². The second-order valence-corrected chi connectivity index (χ2v) is 14.8. The van der Waals surface area contributed by atoms with Crippen LogP contribution in [-0.4, -0.2) is 75.5 Å². The predicted molar refractivity (Wildman–Crippen MR) is 233 cm³/mol. The molecule has 0 aliphatic heterocycles. The smallest absolute Gasteiger partial charge is 0.206 e. The molecule has 0 fully saturated rings. The molecule has 0 bridgehead atoms. The first-order valence-electron chi connectivity index (χ1n) is 19.1. The van der Waals surface area contributed by atoms with Gasteiger partial charge in [-0.25, -0.2) is 0 Å². The molecule has 13 N–H and O–H groups in total. The van der Waals surface area contributed by atoms with Crippen molar-refractivity contribution >= 4 is 43.6 Å². The van der Waals surface area contributed by atoms with Crippen LogP contribution in [0.3, 0.4) is 0 Å². The van der Waals surface area contributed by atoms with Crippen molar-refractivity contribution in [2.24, 2.45) is 0 Å². The molecule has 0 aliphatic carbocycles. The van der Waals surface area contributed by atoms with Crippen molar-refractivity contribution in [2.45, 2.75) is 0 Å². The van der Waals surface area contributed by atoms with Gasteiger partial charge in [-0.2, -0.15) is 0 Å². The Morgan fingerprint density at radius 3 is 1.03 bits per heavy atom. The maximum absolute atomic E-state index is 12.5. The van der Waals surface area contributed by atoms with E-state index in [0.29, 0.717) is 0 Å². The van der Waals surface area contributed by atoms with E-state index in [1.54, 1.807) is 84.9 Å². The van der Waals surface area contributed by atoms with Crippen LogP contribution < -0.4 is 0 Å². The van der Waals surface area contributed by atoms with Crippen LogP contribution in [0.4, 0.5) is 0 Å². The van der Waals surface area contributed by atoms with Crippen LogP contribution in [0.25, 0.3) is 88.4 Å². The number of phenolic OH excluding ortho intramolecular Hbond substituents is 13. The first-order valence-corrected chi connectivity index (χ1v) is 19.1. The molecule has 0 amide bonds. The lowest BCUT2D eigenvalue weighted by atomic mass is 9.92. The Morgan fingerprint density at radius 2 is 0.540 bits per heavy atom. The van der Waals surface area contributed by atoms with Gasteiger partial charge in [-0.3, -0.25) is 0 Å². The summed E-state index contributed by atoms with van der Waals surface area (Å²) in [5.74, 6) is -13.8. The molecule has 15 nitrogen and oxygen atoms in total. The summed E-state index contributed by atoms with van der Waals surface area (Å²) in [6.07, 6.45) is 0. The number of phenols is 13. The van der Waals surface area contributed by atoms with E-state index in [0.717, 1.165) is 15.7 Å². The van der Waals surface area contributed by atoms with E-state index < -0.39 is 113 Å². The molecule has 15 heteroatoms. The molecule has 10 rings (SSSR count). The van der Waals surface area contributed by atoms with Crippen LogP contribution >= 0.6 is 0 Å². The monoisotopic (exact) mass is 844 g/mol. The maximum atomic E-state index is 12.5. The average Bonchev–Trinajstić information content (AvgIpc) is 3.86. The predicted octanol–water partition coefficient (Wildman–Crippen LogP) is 9.05. The highest BCUT2D eigenvalue weighted by Crippen LogP contribution is 2.64.